The van der Waals surface area contributed by atoms with Crippen molar-refractivity contribution in [2.24, 2.45) is 0 Å². The first-order chi connectivity index (χ1) is 11.8. The molecule has 0 radical (unpaired) electrons. The second kappa shape index (κ2) is 6.73. The highest BCUT2D eigenvalue weighted by Gasteiger charge is 2.26. The van der Waals surface area contributed by atoms with Crippen LogP contribution in [0, 0.1) is 0 Å². The topological polar surface area (TPSA) is 42.4 Å². The van der Waals surface area contributed by atoms with Crippen molar-refractivity contribution in [1.82, 2.24) is 9.88 Å². The van der Waals surface area contributed by atoms with E-state index in [1.54, 1.807) is 12.1 Å². The number of benzene rings is 1. The Kier molecular flexibility index (Phi) is 4.30. The Balaban J connectivity index is 1.47. The first-order valence-electron chi connectivity index (χ1n) is 8.77. The van der Waals surface area contributed by atoms with Gasteiger partial charge >= 0.3 is 0 Å². The summed E-state index contributed by atoms with van der Waals surface area (Å²) in [7, 11) is 0. The second-order valence-electron chi connectivity index (χ2n) is 6.70. The maximum atomic E-state index is 10.7. The Bertz CT molecular complexity index is 723. The average molecular weight is 322 g/mol. The summed E-state index contributed by atoms with van der Waals surface area (Å²) in [5.41, 5.74) is 3.38. The number of aromatic nitrogens is 1. The molecule has 0 spiro atoms. The Hall–Kier alpha value is -2.20. The molecular weight excluding hydrogens is 300 g/mol. The van der Waals surface area contributed by atoms with Crippen molar-refractivity contribution in [3.63, 3.8) is 0 Å². The SMILES string of the molecule is O=Cc1ccc(Oc2ccc3c(c2)CCN(C2CCC2)CC3)nc1. The van der Waals surface area contributed by atoms with E-state index in [2.05, 4.69) is 22.0 Å². The van der Waals surface area contributed by atoms with Gasteiger partial charge in [-0.3, -0.25) is 9.69 Å². The van der Waals surface area contributed by atoms with Crippen molar-refractivity contribution < 1.29 is 9.53 Å². The van der Waals surface area contributed by atoms with Gasteiger partial charge in [-0.05, 0) is 55.0 Å². The molecule has 2 aliphatic rings. The van der Waals surface area contributed by atoms with Crippen molar-refractivity contribution in [2.45, 2.75) is 38.1 Å². The number of carbonyl (C=O) groups is 1. The first kappa shape index (κ1) is 15.3. The molecule has 124 valence electrons. The summed E-state index contributed by atoms with van der Waals surface area (Å²) >= 11 is 0. The molecule has 1 saturated carbocycles. The molecule has 4 nitrogen and oxygen atoms in total. The number of aldehydes is 1. The molecular formula is C20H22N2O2. The minimum absolute atomic E-state index is 0.519. The zero-order valence-corrected chi connectivity index (χ0v) is 13.8. The van der Waals surface area contributed by atoms with E-state index in [1.165, 1.54) is 43.1 Å². The molecule has 4 rings (SSSR count). The fourth-order valence-corrected chi connectivity index (χ4v) is 3.54. The molecule has 0 saturated heterocycles. The van der Waals surface area contributed by atoms with E-state index >= 15 is 0 Å². The van der Waals surface area contributed by atoms with Gasteiger partial charge in [0.05, 0.1) is 0 Å². The maximum Gasteiger partial charge on any atom is 0.219 e. The van der Waals surface area contributed by atoms with E-state index in [-0.39, 0.29) is 0 Å². The van der Waals surface area contributed by atoms with Gasteiger partial charge in [0.1, 0.15) is 5.75 Å². The summed E-state index contributed by atoms with van der Waals surface area (Å²) in [6.07, 6.45) is 8.65. The van der Waals surface area contributed by atoms with E-state index in [4.69, 9.17) is 4.74 Å². The van der Waals surface area contributed by atoms with Gasteiger partial charge in [0.15, 0.2) is 6.29 Å². The Labute approximate surface area is 142 Å². The Morgan fingerprint density at radius 1 is 1.08 bits per heavy atom. The predicted molar refractivity (Wildman–Crippen MR) is 92.8 cm³/mol. The van der Waals surface area contributed by atoms with Crippen molar-refractivity contribution in [3.8, 4) is 11.6 Å². The Morgan fingerprint density at radius 3 is 2.58 bits per heavy atom. The highest BCUT2D eigenvalue weighted by Crippen LogP contribution is 2.29. The summed E-state index contributed by atoms with van der Waals surface area (Å²) < 4.78 is 5.85. The first-order valence-corrected chi connectivity index (χ1v) is 8.77. The number of pyridine rings is 1. The summed E-state index contributed by atoms with van der Waals surface area (Å²) in [6.45, 7) is 2.32. The number of carbonyl (C=O) groups excluding carboxylic acids is 1. The highest BCUT2D eigenvalue weighted by atomic mass is 16.5. The highest BCUT2D eigenvalue weighted by molar-refractivity contribution is 5.74. The zero-order chi connectivity index (χ0) is 16.4. The summed E-state index contributed by atoms with van der Waals surface area (Å²) in [5, 5.41) is 0. The van der Waals surface area contributed by atoms with Crippen molar-refractivity contribution in [1.29, 1.82) is 0 Å². The largest absolute Gasteiger partial charge is 0.439 e. The van der Waals surface area contributed by atoms with Crippen molar-refractivity contribution >= 4 is 6.29 Å². The number of rotatable bonds is 4. The molecule has 1 aromatic carbocycles. The van der Waals surface area contributed by atoms with E-state index in [0.29, 0.717) is 11.4 Å². The van der Waals surface area contributed by atoms with Gasteiger partial charge < -0.3 is 4.74 Å². The van der Waals surface area contributed by atoms with E-state index in [9.17, 15) is 4.79 Å². The van der Waals surface area contributed by atoms with Crippen LogP contribution in [-0.2, 0) is 12.8 Å². The molecule has 0 amide bonds. The maximum absolute atomic E-state index is 10.7. The van der Waals surface area contributed by atoms with E-state index in [1.807, 2.05) is 6.07 Å². The molecule has 0 N–H and O–H groups in total. The minimum Gasteiger partial charge on any atom is -0.439 e. The van der Waals surface area contributed by atoms with Crippen molar-refractivity contribution in [2.75, 3.05) is 13.1 Å². The van der Waals surface area contributed by atoms with Crippen LogP contribution in [0.15, 0.2) is 36.5 Å². The smallest absolute Gasteiger partial charge is 0.219 e. The summed E-state index contributed by atoms with van der Waals surface area (Å²) in [5.74, 6) is 1.34. The molecule has 1 aliphatic heterocycles. The quantitative estimate of drug-likeness (QED) is 0.806. The second-order valence-corrected chi connectivity index (χ2v) is 6.70. The standard InChI is InChI=1S/C20H22N2O2/c23-14-15-4-7-20(21-13-15)24-19-6-5-16-8-10-22(18-2-1-3-18)11-9-17(16)12-19/h4-7,12-14,18H,1-3,8-11H2. The number of hydrogen-bond donors (Lipinski definition) is 0. The fraction of sp³-hybridized carbons (Fsp3) is 0.400. The lowest BCUT2D eigenvalue weighted by Crippen LogP contribution is -2.41. The third-order valence-electron chi connectivity index (χ3n) is 5.22. The molecule has 1 aliphatic carbocycles. The van der Waals surface area contributed by atoms with Crippen LogP contribution in [0.1, 0.15) is 40.7 Å². The normalized spacial score (nSPS) is 18.3. The third kappa shape index (κ3) is 3.20. The number of fused-ring (bicyclic) bond motifs is 1. The molecule has 0 atom stereocenters. The third-order valence-corrected chi connectivity index (χ3v) is 5.22. The molecule has 1 fully saturated rings. The van der Waals surface area contributed by atoms with Crippen LogP contribution >= 0.6 is 0 Å². The van der Waals surface area contributed by atoms with Gasteiger partial charge in [-0.15, -0.1) is 0 Å². The van der Waals surface area contributed by atoms with Gasteiger partial charge in [-0.25, -0.2) is 4.98 Å². The molecule has 24 heavy (non-hydrogen) atoms. The van der Waals surface area contributed by atoms with Crippen LogP contribution in [0.2, 0.25) is 0 Å². The van der Waals surface area contributed by atoms with Gasteiger partial charge in [-0.1, -0.05) is 12.5 Å². The fourth-order valence-electron chi connectivity index (χ4n) is 3.54. The number of ether oxygens (including phenoxy) is 1. The van der Waals surface area contributed by atoms with Gasteiger partial charge in [-0.2, -0.15) is 0 Å². The number of nitrogens with zero attached hydrogens (tertiary/aromatic N) is 2. The molecule has 2 aromatic rings. The molecule has 0 unspecified atom stereocenters. The van der Waals surface area contributed by atoms with E-state index in [0.717, 1.165) is 37.5 Å². The lowest BCUT2D eigenvalue weighted by Gasteiger charge is -2.36. The number of hydrogen-bond acceptors (Lipinski definition) is 4. The molecule has 2 heterocycles. The van der Waals surface area contributed by atoms with Gasteiger partial charge in [0.2, 0.25) is 5.88 Å². The predicted octanol–water partition coefficient (Wildman–Crippen LogP) is 3.64. The average Bonchev–Trinajstić information content (AvgIpc) is 2.77. The van der Waals surface area contributed by atoms with Crippen molar-refractivity contribution in [3.05, 3.63) is 53.2 Å². The van der Waals surface area contributed by atoms with Crippen LogP contribution in [0.25, 0.3) is 0 Å². The van der Waals surface area contributed by atoms with Gasteiger partial charge in [0.25, 0.3) is 0 Å². The lowest BCUT2D eigenvalue weighted by atomic mass is 9.91. The van der Waals surface area contributed by atoms with Crippen LogP contribution in [-0.4, -0.2) is 35.3 Å². The summed E-state index contributed by atoms with van der Waals surface area (Å²) in [6, 6.07) is 10.6. The molecule has 1 aromatic heterocycles. The van der Waals surface area contributed by atoms with Crippen LogP contribution in [0.3, 0.4) is 0 Å². The van der Waals surface area contributed by atoms with Crippen LogP contribution in [0.5, 0.6) is 11.6 Å². The van der Waals surface area contributed by atoms with Crippen LogP contribution in [0.4, 0.5) is 0 Å². The minimum atomic E-state index is 0.519. The van der Waals surface area contributed by atoms with Crippen LogP contribution < -0.4 is 4.74 Å². The monoisotopic (exact) mass is 322 g/mol. The molecule has 4 heteroatoms. The summed E-state index contributed by atoms with van der Waals surface area (Å²) in [4.78, 5) is 17.5. The lowest BCUT2D eigenvalue weighted by molar-refractivity contribution is 0.112. The van der Waals surface area contributed by atoms with Gasteiger partial charge in [0, 0.05) is 37.0 Å². The zero-order valence-electron chi connectivity index (χ0n) is 13.8. The Morgan fingerprint density at radius 2 is 1.92 bits per heavy atom. The van der Waals surface area contributed by atoms with E-state index < -0.39 is 0 Å². The molecule has 0 bridgehead atoms.